The molecule has 0 bridgehead atoms. The topological polar surface area (TPSA) is 32.3 Å². The molecule has 0 saturated carbocycles. The van der Waals surface area contributed by atoms with Crippen LogP contribution in [0, 0.1) is 5.82 Å². The van der Waals surface area contributed by atoms with Crippen LogP contribution in [0.3, 0.4) is 0 Å². The Hall–Kier alpha value is -0.800. The van der Waals surface area contributed by atoms with Crippen molar-refractivity contribution in [3.8, 4) is 5.75 Å². The molecule has 0 amide bonds. The predicted molar refractivity (Wildman–Crippen MR) is 57.8 cm³/mol. The fourth-order valence-electron chi connectivity index (χ4n) is 1.94. The van der Waals surface area contributed by atoms with Gasteiger partial charge in [0, 0.05) is 12.1 Å². The summed E-state index contributed by atoms with van der Waals surface area (Å²) in [5, 5.41) is 12.9. The number of phenolic OH excluding ortho intramolecular Hbond substituents is 1. The lowest BCUT2D eigenvalue weighted by Crippen LogP contribution is -2.23. The largest absolute Gasteiger partial charge is 0.508 e. The number of phenols is 1. The zero-order valence-corrected chi connectivity index (χ0v) is 9.02. The van der Waals surface area contributed by atoms with Crippen molar-refractivity contribution in [3.63, 3.8) is 0 Å². The molecule has 1 aromatic carbocycles. The van der Waals surface area contributed by atoms with Crippen molar-refractivity contribution < 1.29 is 9.50 Å². The third kappa shape index (κ3) is 2.41. The van der Waals surface area contributed by atoms with Gasteiger partial charge in [-0.25, -0.2) is 4.39 Å². The number of halogens is 2. The Bertz CT molecular complexity index is 364. The van der Waals surface area contributed by atoms with E-state index in [2.05, 4.69) is 5.32 Å². The maximum Gasteiger partial charge on any atom is 0.145 e. The molecule has 0 radical (unpaired) electrons. The second kappa shape index (κ2) is 4.37. The number of hydrogen-bond acceptors (Lipinski definition) is 2. The van der Waals surface area contributed by atoms with Gasteiger partial charge in [-0.2, -0.15) is 0 Å². The molecule has 82 valence electrons. The van der Waals surface area contributed by atoms with E-state index in [9.17, 15) is 9.50 Å². The summed E-state index contributed by atoms with van der Waals surface area (Å²) < 4.78 is 13.0. The van der Waals surface area contributed by atoms with Crippen LogP contribution in [-0.4, -0.2) is 17.7 Å². The number of benzene rings is 1. The number of hydrogen-bond donors (Lipinski definition) is 2. The Morgan fingerprint density at radius 3 is 3.00 bits per heavy atom. The minimum absolute atomic E-state index is 0.00870. The van der Waals surface area contributed by atoms with Gasteiger partial charge in [-0.15, -0.1) is 0 Å². The van der Waals surface area contributed by atoms with E-state index < -0.39 is 5.82 Å². The monoisotopic (exact) mass is 229 g/mol. The quantitative estimate of drug-likeness (QED) is 0.817. The van der Waals surface area contributed by atoms with Crippen molar-refractivity contribution in [2.45, 2.75) is 25.3 Å². The van der Waals surface area contributed by atoms with Gasteiger partial charge in [-0.3, -0.25) is 0 Å². The van der Waals surface area contributed by atoms with E-state index in [0.29, 0.717) is 18.0 Å². The highest BCUT2D eigenvalue weighted by Gasteiger charge is 2.17. The van der Waals surface area contributed by atoms with Crippen molar-refractivity contribution in [1.29, 1.82) is 0 Å². The van der Waals surface area contributed by atoms with Gasteiger partial charge in [0.25, 0.3) is 0 Å². The first-order valence-electron chi connectivity index (χ1n) is 5.07. The number of rotatable bonds is 2. The van der Waals surface area contributed by atoms with Crippen LogP contribution in [0.15, 0.2) is 12.1 Å². The van der Waals surface area contributed by atoms with E-state index in [0.717, 1.165) is 25.5 Å². The summed E-state index contributed by atoms with van der Waals surface area (Å²) in [6.45, 7) is 1.01. The summed E-state index contributed by atoms with van der Waals surface area (Å²) in [5.74, 6) is -0.581. The Morgan fingerprint density at radius 2 is 2.33 bits per heavy atom. The average molecular weight is 230 g/mol. The molecule has 4 heteroatoms. The van der Waals surface area contributed by atoms with Crippen molar-refractivity contribution in [1.82, 2.24) is 5.32 Å². The van der Waals surface area contributed by atoms with E-state index in [4.69, 9.17) is 11.6 Å². The molecule has 0 aliphatic carbocycles. The van der Waals surface area contributed by atoms with Crippen LogP contribution in [0.5, 0.6) is 5.75 Å². The highest BCUT2D eigenvalue weighted by molar-refractivity contribution is 6.30. The van der Waals surface area contributed by atoms with Gasteiger partial charge in [0.2, 0.25) is 0 Å². The van der Waals surface area contributed by atoms with Gasteiger partial charge in [-0.1, -0.05) is 11.6 Å². The zero-order valence-electron chi connectivity index (χ0n) is 8.26. The van der Waals surface area contributed by atoms with E-state index >= 15 is 0 Å². The highest BCUT2D eigenvalue weighted by atomic mass is 35.5. The van der Waals surface area contributed by atoms with Crippen LogP contribution in [0.2, 0.25) is 5.02 Å². The predicted octanol–water partition coefficient (Wildman–Crippen LogP) is 2.48. The summed E-state index contributed by atoms with van der Waals surface area (Å²) >= 11 is 5.66. The lowest BCUT2D eigenvalue weighted by atomic mass is 10.0. The Labute approximate surface area is 93.1 Å². The SMILES string of the molecule is Oc1cc(F)c(Cl)cc1CC1CCCN1. The molecular weight excluding hydrogens is 217 g/mol. The third-order valence-electron chi connectivity index (χ3n) is 2.75. The second-order valence-corrected chi connectivity index (χ2v) is 4.30. The lowest BCUT2D eigenvalue weighted by Gasteiger charge is -2.11. The van der Waals surface area contributed by atoms with Gasteiger partial charge in [0.05, 0.1) is 5.02 Å². The van der Waals surface area contributed by atoms with E-state index in [1.165, 1.54) is 6.07 Å². The van der Waals surface area contributed by atoms with Crippen molar-refractivity contribution in [2.75, 3.05) is 6.54 Å². The summed E-state index contributed by atoms with van der Waals surface area (Å²) in [4.78, 5) is 0. The van der Waals surface area contributed by atoms with Crippen LogP contribution >= 0.6 is 11.6 Å². The first-order chi connectivity index (χ1) is 7.16. The molecule has 1 aliphatic heterocycles. The average Bonchev–Trinajstić information content (AvgIpc) is 2.67. The summed E-state index contributed by atoms with van der Waals surface area (Å²) in [6, 6.07) is 2.95. The molecule has 1 heterocycles. The molecule has 1 unspecified atom stereocenters. The van der Waals surface area contributed by atoms with E-state index in [1.54, 1.807) is 0 Å². The Balaban J connectivity index is 2.16. The molecule has 0 spiro atoms. The van der Waals surface area contributed by atoms with Crippen LogP contribution < -0.4 is 5.32 Å². The molecule has 1 aliphatic rings. The number of nitrogens with one attached hydrogen (secondary N) is 1. The minimum atomic E-state index is -0.572. The molecule has 0 aromatic heterocycles. The molecule has 1 fully saturated rings. The van der Waals surface area contributed by atoms with Crippen molar-refractivity contribution in [2.24, 2.45) is 0 Å². The molecule has 2 N–H and O–H groups in total. The minimum Gasteiger partial charge on any atom is -0.508 e. The maximum atomic E-state index is 13.0. The fraction of sp³-hybridized carbons (Fsp3) is 0.455. The maximum absolute atomic E-state index is 13.0. The number of aromatic hydroxyl groups is 1. The van der Waals surface area contributed by atoms with Crippen LogP contribution in [-0.2, 0) is 6.42 Å². The first-order valence-corrected chi connectivity index (χ1v) is 5.45. The van der Waals surface area contributed by atoms with E-state index in [1.807, 2.05) is 0 Å². The van der Waals surface area contributed by atoms with Crippen molar-refractivity contribution >= 4 is 11.6 Å². The van der Waals surface area contributed by atoms with Gasteiger partial charge < -0.3 is 10.4 Å². The molecule has 1 atom stereocenters. The molecule has 15 heavy (non-hydrogen) atoms. The summed E-state index contributed by atoms with van der Waals surface area (Å²) in [6.07, 6.45) is 2.95. The van der Waals surface area contributed by atoms with Gasteiger partial charge >= 0.3 is 0 Å². The fourth-order valence-corrected chi connectivity index (χ4v) is 2.12. The lowest BCUT2D eigenvalue weighted by molar-refractivity contribution is 0.456. The Morgan fingerprint density at radius 1 is 1.53 bits per heavy atom. The smallest absolute Gasteiger partial charge is 0.145 e. The van der Waals surface area contributed by atoms with Crippen LogP contribution in [0.1, 0.15) is 18.4 Å². The summed E-state index contributed by atoms with van der Waals surface area (Å²) in [5.41, 5.74) is 0.709. The second-order valence-electron chi connectivity index (χ2n) is 3.89. The van der Waals surface area contributed by atoms with Crippen LogP contribution in [0.25, 0.3) is 0 Å². The third-order valence-corrected chi connectivity index (χ3v) is 3.04. The van der Waals surface area contributed by atoms with Crippen LogP contribution in [0.4, 0.5) is 4.39 Å². The summed E-state index contributed by atoms with van der Waals surface area (Å²) in [7, 11) is 0. The molecule has 2 rings (SSSR count). The zero-order chi connectivity index (χ0) is 10.8. The molecular formula is C11H13ClFNO. The molecule has 1 saturated heterocycles. The van der Waals surface area contributed by atoms with Gasteiger partial charge in [-0.05, 0) is 37.4 Å². The Kier molecular flexibility index (Phi) is 3.12. The molecule has 2 nitrogen and oxygen atoms in total. The van der Waals surface area contributed by atoms with Crippen molar-refractivity contribution in [3.05, 3.63) is 28.5 Å². The standard InChI is InChI=1S/C11H13ClFNO/c12-9-5-7(11(15)6-10(9)13)4-8-2-1-3-14-8/h5-6,8,14-15H,1-4H2. The van der Waals surface area contributed by atoms with E-state index in [-0.39, 0.29) is 10.8 Å². The highest BCUT2D eigenvalue weighted by Crippen LogP contribution is 2.27. The van der Waals surface area contributed by atoms with Gasteiger partial charge in [0.15, 0.2) is 0 Å². The normalized spacial score (nSPS) is 20.8. The first kappa shape index (κ1) is 10.7. The molecule has 1 aromatic rings. The van der Waals surface area contributed by atoms with Gasteiger partial charge in [0.1, 0.15) is 11.6 Å².